The van der Waals surface area contributed by atoms with Crippen molar-refractivity contribution in [3.05, 3.63) is 126 Å². The van der Waals surface area contributed by atoms with Crippen LogP contribution in [0.2, 0.25) is 0 Å². The van der Waals surface area contributed by atoms with E-state index in [-0.39, 0.29) is 7.92 Å². The SMILES string of the molecule is Cc1cc2c3c(cccc3c1)CP(c1c(-c3ccccc3)cccc1-c1ccccc1)C2. The maximum absolute atomic E-state index is 2.42. The van der Waals surface area contributed by atoms with Crippen molar-refractivity contribution in [1.82, 2.24) is 0 Å². The van der Waals surface area contributed by atoms with Gasteiger partial charge in [-0.2, -0.15) is 0 Å². The predicted octanol–water partition coefficient (Wildman–Crippen LogP) is 8.30. The monoisotopic (exact) mass is 428 g/mol. The number of rotatable bonds is 3. The van der Waals surface area contributed by atoms with Crippen LogP contribution in [0.15, 0.2) is 109 Å². The van der Waals surface area contributed by atoms with Crippen molar-refractivity contribution in [2.24, 2.45) is 0 Å². The minimum absolute atomic E-state index is 0.380. The molecule has 0 spiro atoms. The van der Waals surface area contributed by atoms with Crippen molar-refractivity contribution in [3.63, 3.8) is 0 Å². The summed E-state index contributed by atoms with van der Waals surface area (Å²) in [5.74, 6) is 0. The van der Waals surface area contributed by atoms with Gasteiger partial charge in [0.25, 0.3) is 0 Å². The molecule has 32 heavy (non-hydrogen) atoms. The van der Waals surface area contributed by atoms with Gasteiger partial charge in [0, 0.05) is 0 Å². The first-order valence-corrected chi connectivity index (χ1v) is 13.0. The molecule has 5 aromatic rings. The first-order valence-electron chi connectivity index (χ1n) is 11.3. The van der Waals surface area contributed by atoms with E-state index >= 15 is 0 Å². The first kappa shape index (κ1) is 19.5. The molecular weight excluding hydrogens is 403 g/mol. The summed E-state index contributed by atoms with van der Waals surface area (Å²) in [7, 11) is -0.380. The summed E-state index contributed by atoms with van der Waals surface area (Å²) in [4.78, 5) is 0. The molecule has 0 aromatic heterocycles. The fourth-order valence-electron chi connectivity index (χ4n) is 5.23. The van der Waals surface area contributed by atoms with Crippen molar-refractivity contribution in [2.75, 3.05) is 0 Å². The molecule has 1 heteroatoms. The van der Waals surface area contributed by atoms with Crippen LogP contribution in [-0.2, 0) is 12.3 Å². The Kier molecular flexibility index (Phi) is 4.90. The average Bonchev–Trinajstić information content (AvgIpc) is 2.84. The molecule has 0 amide bonds. The van der Waals surface area contributed by atoms with E-state index in [4.69, 9.17) is 0 Å². The molecule has 0 nitrogen and oxygen atoms in total. The number of benzene rings is 5. The lowest BCUT2D eigenvalue weighted by Gasteiger charge is -2.30. The largest absolute Gasteiger partial charge is 0.0650 e. The third-order valence-corrected chi connectivity index (χ3v) is 9.09. The van der Waals surface area contributed by atoms with Gasteiger partial charge < -0.3 is 0 Å². The summed E-state index contributed by atoms with van der Waals surface area (Å²) in [6.07, 6.45) is 2.29. The normalized spacial score (nSPS) is 15.1. The maximum atomic E-state index is 2.42. The van der Waals surface area contributed by atoms with Crippen LogP contribution in [-0.4, -0.2) is 0 Å². The topological polar surface area (TPSA) is 0 Å². The minimum atomic E-state index is -0.380. The molecule has 1 aliphatic heterocycles. The minimum Gasteiger partial charge on any atom is -0.0650 e. The van der Waals surface area contributed by atoms with Crippen molar-refractivity contribution < 1.29 is 0 Å². The molecule has 0 saturated heterocycles. The van der Waals surface area contributed by atoms with Crippen LogP contribution in [0.1, 0.15) is 16.7 Å². The molecule has 1 aliphatic rings. The van der Waals surface area contributed by atoms with Crippen LogP contribution in [0.25, 0.3) is 33.0 Å². The van der Waals surface area contributed by atoms with Gasteiger partial charge in [-0.05, 0) is 68.7 Å². The Bertz CT molecular complexity index is 1360. The van der Waals surface area contributed by atoms with Crippen LogP contribution in [0.5, 0.6) is 0 Å². The zero-order valence-electron chi connectivity index (χ0n) is 18.3. The summed E-state index contributed by atoms with van der Waals surface area (Å²) < 4.78 is 0. The van der Waals surface area contributed by atoms with E-state index in [0.29, 0.717) is 0 Å². The summed E-state index contributed by atoms with van der Waals surface area (Å²) in [6.45, 7) is 2.23. The molecular formula is C31H25P. The van der Waals surface area contributed by atoms with E-state index in [2.05, 4.69) is 116 Å². The van der Waals surface area contributed by atoms with E-state index in [1.165, 1.54) is 49.7 Å². The molecule has 154 valence electrons. The third kappa shape index (κ3) is 3.36. The third-order valence-electron chi connectivity index (χ3n) is 6.53. The average molecular weight is 429 g/mol. The molecule has 1 unspecified atom stereocenters. The molecule has 0 fully saturated rings. The van der Waals surface area contributed by atoms with Crippen LogP contribution in [0.4, 0.5) is 0 Å². The summed E-state index contributed by atoms with van der Waals surface area (Å²) in [5, 5.41) is 4.44. The maximum Gasteiger partial charge on any atom is -0.00230 e. The summed E-state index contributed by atoms with van der Waals surface area (Å²) in [6, 6.07) is 40.4. The highest BCUT2D eigenvalue weighted by molar-refractivity contribution is 7.64. The lowest BCUT2D eigenvalue weighted by atomic mass is 9.98. The zero-order valence-corrected chi connectivity index (χ0v) is 19.1. The number of aryl methyl sites for hydroxylation is 1. The molecule has 1 heterocycles. The smallest absolute Gasteiger partial charge is 0.00230 e. The van der Waals surface area contributed by atoms with Gasteiger partial charge in [-0.15, -0.1) is 0 Å². The molecule has 0 bridgehead atoms. The van der Waals surface area contributed by atoms with Crippen molar-refractivity contribution in [1.29, 1.82) is 0 Å². The predicted molar refractivity (Wildman–Crippen MR) is 140 cm³/mol. The number of hydrogen-bond donors (Lipinski definition) is 0. The lowest BCUT2D eigenvalue weighted by molar-refractivity contribution is 1.29. The van der Waals surface area contributed by atoms with Crippen LogP contribution < -0.4 is 5.30 Å². The van der Waals surface area contributed by atoms with E-state index in [9.17, 15) is 0 Å². The van der Waals surface area contributed by atoms with Crippen molar-refractivity contribution >= 4 is 24.0 Å². The Morgan fingerprint density at radius 1 is 0.562 bits per heavy atom. The summed E-state index contributed by atoms with van der Waals surface area (Å²) in [5.41, 5.74) is 9.81. The Labute approximate surface area is 191 Å². The molecule has 0 radical (unpaired) electrons. The van der Waals surface area contributed by atoms with Crippen molar-refractivity contribution in [2.45, 2.75) is 19.2 Å². The molecule has 1 atom stereocenters. The molecule has 0 N–H and O–H groups in total. The second kappa shape index (κ2) is 8.05. The molecule has 0 saturated carbocycles. The van der Waals surface area contributed by atoms with E-state index in [1.807, 2.05) is 0 Å². The van der Waals surface area contributed by atoms with Gasteiger partial charge >= 0.3 is 0 Å². The zero-order chi connectivity index (χ0) is 21.5. The van der Waals surface area contributed by atoms with Crippen LogP contribution in [0, 0.1) is 6.92 Å². The highest BCUT2D eigenvalue weighted by Gasteiger charge is 2.26. The second-order valence-corrected chi connectivity index (χ2v) is 10.9. The molecule has 0 aliphatic carbocycles. The second-order valence-electron chi connectivity index (χ2n) is 8.73. The molecule has 5 aromatic carbocycles. The fourth-order valence-corrected chi connectivity index (χ4v) is 8.09. The van der Waals surface area contributed by atoms with E-state index in [0.717, 1.165) is 12.3 Å². The summed E-state index contributed by atoms with van der Waals surface area (Å²) >= 11 is 0. The standard InChI is InChI=1S/C31H25P/c1-22-18-25-14-8-15-26-20-32(21-27(19-22)30(25)26)31-28(23-10-4-2-5-11-23)16-9-17-29(31)24-12-6-3-7-13-24/h2-19H,20-21H2,1H3. The van der Waals surface area contributed by atoms with Gasteiger partial charge in [-0.25, -0.2) is 0 Å². The molecule has 6 rings (SSSR count). The van der Waals surface area contributed by atoms with Gasteiger partial charge in [0.2, 0.25) is 0 Å². The van der Waals surface area contributed by atoms with Gasteiger partial charge in [0.15, 0.2) is 0 Å². The van der Waals surface area contributed by atoms with Gasteiger partial charge in [-0.1, -0.05) is 123 Å². The highest BCUT2D eigenvalue weighted by Crippen LogP contribution is 2.52. The van der Waals surface area contributed by atoms with Crippen molar-refractivity contribution in [3.8, 4) is 22.3 Å². The first-order chi connectivity index (χ1) is 15.8. The van der Waals surface area contributed by atoms with E-state index in [1.54, 1.807) is 5.30 Å². The van der Waals surface area contributed by atoms with Gasteiger partial charge in [0.1, 0.15) is 0 Å². The fraction of sp³-hybridized carbons (Fsp3) is 0.0968. The number of hydrogen-bond acceptors (Lipinski definition) is 0. The van der Waals surface area contributed by atoms with Gasteiger partial charge in [-0.3, -0.25) is 0 Å². The Morgan fingerprint density at radius 3 is 1.81 bits per heavy atom. The Hall–Kier alpha value is -3.21. The van der Waals surface area contributed by atoms with E-state index < -0.39 is 0 Å². The quantitative estimate of drug-likeness (QED) is 0.254. The van der Waals surface area contributed by atoms with Crippen LogP contribution >= 0.6 is 7.92 Å². The Balaban J connectivity index is 1.58. The Morgan fingerprint density at radius 2 is 1.16 bits per heavy atom. The lowest BCUT2D eigenvalue weighted by Crippen LogP contribution is -2.15. The van der Waals surface area contributed by atoms with Gasteiger partial charge in [0.05, 0.1) is 0 Å². The highest BCUT2D eigenvalue weighted by atomic mass is 31.1. The van der Waals surface area contributed by atoms with Crippen LogP contribution in [0.3, 0.4) is 0 Å².